The van der Waals surface area contributed by atoms with Crippen molar-refractivity contribution in [2.45, 2.75) is 57.9 Å². The van der Waals surface area contributed by atoms with Gasteiger partial charge in [0.2, 0.25) is 17.7 Å². The quantitative estimate of drug-likeness (QED) is 0.917. The Hall–Kier alpha value is -1.85. The molecule has 132 valence electrons. The van der Waals surface area contributed by atoms with Crippen LogP contribution >= 0.6 is 0 Å². The van der Waals surface area contributed by atoms with Crippen LogP contribution in [0.2, 0.25) is 0 Å². The van der Waals surface area contributed by atoms with Gasteiger partial charge >= 0.3 is 0 Å². The smallest absolute Gasteiger partial charge is 0.228 e. The Bertz CT molecular complexity index is 572. The first-order chi connectivity index (χ1) is 11.7. The molecule has 3 rings (SSSR count). The van der Waals surface area contributed by atoms with Gasteiger partial charge in [0.05, 0.1) is 13.0 Å². The fourth-order valence-electron chi connectivity index (χ4n) is 3.71. The predicted octanol–water partition coefficient (Wildman–Crippen LogP) is 2.46. The first-order valence-electron chi connectivity index (χ1n) is 9.10. The minimum absolute atomic E-state index is 0.0239. The molecule has 2 aliphatic rings. The molecule has 1 aliphatic carbocycles. The lowest BCUT2D eigenvalue weighted by Gasteiger charge is -2.33. The van der Waals surface area contributed by atoms with E-state index in [0.717, 1.165) is 37.9 Å². The number of nitrogens with zero attached hydrogens (tertiary/aromatic N) is 3. The molecule has 0 bridgehead atoms. The van der Waals surface area contributed by atoms with Crippen molar-refractivity contribution < 1.29 is 9.53 Å². The maximum absolute atomic E-state index is 12.6. The standard InChI is InChI=1S/C18H28N4O2/c1-13-11-16(24-2)21-18(19-13)22-10-6-7-14(12-22)17(23)20-15-8-4-3-5-9-15/h11,14-15H,3-10,12H2,1-2H3,(H,20,23). The molecule has 1 aromatic rings. The largest absolute Gasteiger partial charge is 0.481 e. The van der Waals surface area contributed by atoms with E-state index in [1.807, 2.05) is 13.0 Å². The zero-order valence-electron chi connectivity index (χ0n) is 14.8. The molecule has 0 aromatic carbocycles. The van der Waals surface area contributed by atoms with E-state index in [0.29, 0.717) is 24.4 Å². The predicted molar refractivity (Wildman–Crippen MR) is 93.3 cm³/mol. The highest BCUT2D eigenvalue weighted by Gasteiger charge is 2.29. The Kier molecular flexibility index (Phi) is 5.53. The Morgan fingerprint density at radius 3 is 2.75 bits per heavy atom. The molecule has 0 radical (unpaired) electrons. The highest BCUT2D eigenvalue weighted by Crippen LogP contribution is 2.24. The van der Waals surface area contributed by atoms with Crippen molar-refractivity contribution in [1.82, 2.24) is 15.3 Å². The summed E-state index contributed by atoms with van der Waals surface area (Å²) in [5.41, 5.74) is 0.880. The molecule has 1 saturated heterocycles. The van der Waals surface area contributed by atoms with E-state index in [1.165, 1.54) is 19.3 Å². The van der Waals surface area contributed by atoms with Crippen molar-refractivity contribution in [1.29, 1.82) is 0 Å². The van der Waals surface area contributed by atoms with Crippen molar-refractivity contribution in [3.63, 3.8) is 0 Å². The topological polar surface area (TPSA) is 67.3 Å². The summed E-state index contributed by atoms with van der Waals surface area (Å²) in [7, 11) is 1.61. The average Bonchev–Trinajstić information content (AvgIpc) is 2.62. The van der Waals surface area contributed by atoms with Crippen LogP contribution in [0.15, 0.2) is 6.07 Å². The van der Waals surface area contributed by atoms with Gasteiger partial charge in [-0.25, -0.2) is 4.98 Å². The third-order valence-electron chi connectivity index (χ3n) is 5.05. The summed E-state index contributed by atoms with van der Waals surface area (Å²) < 4.78 is 5.24. The van der Waals surface area contributed by atoms with E-state index in [-0.39, 0.29) is 11.8 Å². The minimum Gasteiger partial charge on any atom is -0.481 e. The Labute approximate surface area is 144 Å². The van der Waals surface area contributed by atoms with Crippen molar-refractivity contribution in [3.05, 3.63) is 11.8 Å². The Morgan fingerprint density at radius 1 is 1.21 bits per heavy atom. The molecular formula is C18H28N4O2. The van der Waals surface area contributed by atoms with Crippen LogP contribution in [0, 0.1) is 12.8 Å². The van der Waals surface area contributed by atoms with E-state index in [2.05, 4.69) is 20.2 Å². The van der Waals surface area contributed by atoms with Gasteiger partial charge in [-0.1, -0.05) is 19.3 Å². The van der Waals surface area contributed by atoms with Gasteiger partial charge in [0, 0.05) is 30.9 Å². The zero-order valence-corrected chi connectivity index (χ0v) is 14.8. The number of carbonyl (C=O) groups is 1. The molecule has 6 nitrogen and oxygen atoms in total. The van der Waals surface area contributed by atoms with Gasteiger partial charge in [-0.3, -0.25) is 4.79 Å². The number of anilines is 1. The number of amides is 1. The number of ether oxygens (including phenoxy) is 1. The lowest BCUT2D eigenvalue weighted by Crippen LogP contribution is -2.46. The number of methoxy groups -OCH3 is 1. The van der Waals surface area contributed by atoms with Gasteiger partial charge in [-0.2, -0.15) is 4.98 Å². The molecule has 1 N–H and O–H groups in total. The minimum atomic E-state index is 0.0239. The van der Waals surface area contributed by atoms with E-state index >= 15 is 0 Å². The summed E-state index contributed by atoms with van der Waals surface area (Å²) in [6, 6.07) is 2.19. The van der Waals surface area contributed by atoms with E-state index < -0.39 is 0 Å². The second-order valence-electron chi connectivity index (χ2n) is 6.98. The van der Waals surface area contributed by atoms with Gasteiger partial charge in [0.25, 0.3) is 0 Å². The summed E-state index contributed by atoms with van der Waals surface area (Å²) in [5, 5.41) is 3.26. The summed E-state index contributed by atoms with van der Waals surface area (Å²) in [6.45, 7) is 3.51. The first-order valence-corrected chi connectivity index (χ1v) is 9.10. The van der Waals surface area contributed by atoms with Crippen LogP contribution in [0.1, 0.15) is 50.6 Å². The van der Waals surface area contributed by atoms with Crippen LogP contribution in [0.25, 0.3) is 0 Å². The van der Waals surface area contributed by atoms with Crippen LogP contribution in [-0.2, 0) is 4.79 Å². The van der Waals surface area contributed by atoms with Gasteiger partial charge in [-0.15, -0.1) is 0 Å². The van der Waals surface area contributed by atoms with Gasteiger partial charge in [0.1, 0.15) is 0 Å². The van der Waals surface area contributed by atoms with Crippen molar-refractivity contribution >= 4 is 11.9 Å². The van der Waals surface area contributed by atoms with Crippen LogP contribution < -0.4 is 15.0 Å². The maximum atomic E-state index is 12.6. The lowest BCUT2D eigenvalue weighted by atomic mass is 9.93. The summed E-state index contributed by atoms with van der Waals surface area (Å²) in [5.74, 6) is 1.47. The van der Waals surface area contributed by atoms with Crippen molar-refractivity contribution in [2.75, 3.05) is 25.1 Å². The third-order valence-corrected chi connectivity index (χ3v) is 5.05. The molecule has 6 heteroatoms. The number of rotatable bonds is 4. The highest BCUT2D eigenvalue weighted by molar-refractivity contribution is 5.79. The highest BCUT2D eigenvalue weighted by atomic mass is 16.5. The number of aromatic nitrogens is 2. The number of hydrogen-bond acceptors (Lipinski definition) is 5. The SMILES string of the molecule is COc1cc(C)nc(N2CCCC(C(=O)NC3CCCCC3)C2)n1. The van der Waals surface area contributed by atoms with Gasteiger partial charge < -0.3 is 15.0 Å². The molecule has 1 aliphatic heterocycles. The third kappa shape index (κ3) is 4.16. The number of hydrogen-bond donors (Lipinski definition) is 1. The summed E-state index contributed by atoms with van der Waals surface area (Å²) in [6.07, 6.45) is 7.95. The number of piperidine rings is 1. The molecule has 1 saturated carbocycles. The molecule has 0 spiro atoms. The Morgan fingerprint density at radius 2 is 2.00 bits per heavy atom. The fourth-order valence-corrected chi connectivity index (χ4v) is 3.71. The molecule has 2 heterocycles. The molecule has 1 unspecified atom stereocenters. The van der Waals surface area contributed by atoms with Crippen LogP contribution in [0.5, 0.6) is 5.88 Å². The van der Waals surface area contributed by atoms with Crippen LogP contribution in [0.3, 0.4) is 0 Å². The Balaban J connectivity index is 1.63. The van der Waals surface area contributed by atoms with E-state index in [4.69, 9.17) is 4.74 Å². The molecule has 1 aromatic heterocycles. The first kappa shape index (κ1) is 17.0. The van der Waals surface area contributed by atoms with Crippen LogP contribution in [0.4, 0.5) is 5.95 Å². The number of aryl methyl sites for hydroxylation is 1. The molecule has 1 atom stereocenters. The average molecular weight is 332 g/mol. The molecule has 24 heavy (non-hydrogen) atoms. The maximum Gasteiger partial charge on any atom is 0.228 e. The van der Waals surface area contributed by atoms with Crippen molar-refractivity contribution in [2.24, 2.45) is 5.92 Å². The van der Waals surface area contributed by atoms with Gasteiger partial charge in [0.15, 0.2) is 0 Å². The fraction of sp³-hybridized carbons (Fsp3) is 0.722. The summed E-state index contributed by atoms with van der Waals surface area (Å²) >= 11 is 0. The molecule has 2 fully saturated rings. The van der Waals surface area contributed by atoms with Crippen molar-refractivity contribution in [3.8, 4) is 5.88 Å². The number of carbonyl (C=O) groups excluding carboxylic acids is 1. The van der Waals surface area contributed by atoms with Crippen LogP contribution in [-0.4, -0.2) is 42.1 Å². The monoisotopic (exact) mass is 332 g/mol. The molecular weight excluding hydrogens is 304 g/mol. The van der Waals surface area contributed by atoms with E-state index in [9.17, 15) is 4.79 Å². The zero-order chi connectivity index (χ0) is 16.9. The molecule has 1 amide bonds. The lowest BCUT2D eigenvalue weighted by molar-refractivity contribution is -0.126. The normalized spacial score (nSPS) is 22.2. The second kappa shape index (κ2) is 7.81. The van der Waals surface area contributed by atoms with E-state index in [1.54, 1.807) is 7.11 Å². The van der Waals surface area contributed by atoms with Gasteiger partial charge in [-0.05, 0) is 32.6 Å². The second-order valence-corrected chi connectivity index (χ2v) is 6.98. The number of nitrogens with one attached hydrogen (secondary N) is 1. The summed E-state index contributed by atoms with van der Waals surface area (Å²) in [4.78, 5) is 23.7.